The van der Waals surface area contributed by atoms with E-state index in [-0.39, 0.29) is 11.1 Å². The van der Waals surface area contributed by atoms with Crippen molar-refractivity contribution in [2.75, 3.05) is 12.3 Å². The number of hydrogen-bond donors (Lipinski definition) is 2. The van der Waals surface area contributed by atoms with Gasteiger partial charge in [0.25, 0.3) is 0 Å². The highest BCUT2D eigenvalue weighted by Gasteiger charge is 2.44. The van der Waals surface area contributed by atoms with E-state index in [9.17, 15) is 28.5 Å². The van der Waals surface area contributed by atoms with Crippen LogP contribution in [0.4, 0.5) is 0 Å². The zero-order chi connectivity index (χ0) is 23.0. The predicted molar refractivity (Wildman–Crippen MR) is 119 cm³/mol. The maximum Gasteiger partial charge on any atom is 0.326 e. The Morgan fingerprint density at radius 1 is 0.667 bits per heavy atom. The van der Waals surface area contributed by atoms with E-state index >= 15 is 0 Å². The van der Waals surface area contributed by atoms with Crippen LogP contribution in [0.25, 0.3) is 0 Å². The van der Waals surface area contributed by atoms with Gasteiger partial charge in [-0.25, -0.2) is 0 Å². The molecule has 0 aliphatic rings. The molecule has 0 unspecified atom stereocenters. The molecule has 0 saturated heterocycles. The highest BCUT2D eigenvalue weighted by atomic mass is 31.2. The molecule has 0 amide bonds. The third kappa shape index (κ3) is 5.07. The average molecular weight is 450 g/mol. The van der Waals surface area contributed by atoms with Crippen molar-refractivity contribution in [3.05, 3.63) is 68.8 Å². The van der Waals surface area contributed by atoms with Crippen molar-refractivity contribution in [2.45, 2.75) is 41.5 Å². The molecule has 2 aromatic carbocycles. The molecule has 0 atom stereocenters. The summed E-state index contributed by atoms with van der Waals surface area (Å²) in [6.07, 6.45) is -1.47. The first-order valence-corrected chi connectivity index (χ1v) is 13.3. The Bertz CT molecular complexity index is 1010. The Morgan fingerprint density at radius 2 is 0.967 bits per heavy atom. The van der Waals surface area contributed by atoms with Crippen LogP contribution >= 0.6 is 14.7 Å². The Balaban J connectivity index is 2.71. The molecule has 6 nitrogen and oxygen atoms in total. The molecule has 0 radical (unpaired) electrons. The summed E-state index contributed by atoms with van der Waals surface area (Å²) in [5, 5.41) is 0. The van der Waals surface area contributed by atoms with Crippen molar-refractivity contribution < 1.29 is 28.5 Å². The van der Waals surface area contributed by atoms with Crippen molar-refractivity contribution in [3.63, 3.8) is 0 Å². The van der Waals surface area contributed by atoms with E-state index in [0.717, 1.165) is 11.1 Å². The Hall–Kier alpha value is -1.84. The van der Waals surface area contributed by atoms with Gasteiger partial charge in [0.15, 0.2) is 0 Å². The van der Waals surface area contributed by atoms with Gasteiger partial charge < -0.3 is 14.4 Å². The summed E-state index contributed by atoms with van der Waals surface area (Å²) in [4.78, 5) is 45.7. The third-order valence-electron chi connectivity index (χ3n) is 5.14. The molecule has 2 aromatic rings. The van der Waals surface area contributed by atoms with Gasteiger partial charge >= 0.3 is 7.60 Å². The maximum atomic E-state index is 14.0. The fourth-order valence-electron chi connectivity index (χ4n) is 3.96. The number of benzene rings is 2. The van der Waals surface area contributed by atoms with Crippen LogP contribution < -0.4 is 0 Å². The molecule has 8 heteroatoms. The van der Waals surface area contributed by atoms with E-state index in [4.69, 9.17) is 0 Å². The van der Waals surface area contributed by atoms with Crippen molar-refractivity contribution in [2.24, 2.45) is 0 Å². The van der Waals surface area contributed by atoms with Gasteiger partial charge in [-0.3, -0.25) is 14.2 Å². The first-order valence-electron chi connectivity index (χ1n) is 9.56. The molecule has 0 spiro atoms. The summed E-state index contributed by atoms with van der Waals surface area (Å²) in [5.41, 5.74) is 2.86. The van der Waals surface area contributed by atoms with Crippen LogP contribution in [0.2, 0.25) is 0 Å². The summed E-state index contributed by atoms with van der Waals surface area (Å²) < 4.78 is 25.5. The number of carbonyl (C=O) groups is 2. The van der Waals surface area contributed by atoms with Gasteiger partial charge in [0.2, 0.25) is 18.2 Å². The predicted octanol–water partition coefficient (Wildman–Crippen LogP) is 5.06. The second kappa shape index (κ2) is 8.72. The van der Waals surface area contributed by atoms with Gasteiger partial charge in [-0.2, -0.15) is 0 Å². The summed E-state index contributed by atoms with van der Waals surface area (Å²) >= 11 is 0. The van der Waals surface area contributed by atoms with Crippen LogP contribution in [0.3, 0.4) is 0 Å². The summed E-state index contributed by atoms with van der Waals surface area (Å²) in [6, 6.07) is 7.06. The lowest BCUT2D eigenvalue weighted by Gasteiger charge is -2.21. The lowest BCUT2D eigenvalue weighted by atomic mass is 10.0. The molecule has 0 heterocycles. The van der Waals surface area contributed by atoms with E-state index in [1.54, 1.807) is 52.0 Å². The molecule has 0 saturated carbocycles. The number of aryl methyl sites for hydroxylation is 6. The van der Waals surface area contributed by atoms with Gasteiger partial charge in [-0.05, 0) is 63.8 Å². The third-order valence-corrected chi connectivity index (χ3v) is 8.92. The molecule has 0 aliphatic carbocycles. The number of hydrogen-bond acceptors (Lipinski definition) is 4. The van der Waals surface area contributed by atoms with E-state index in [1.165, 1.54) is 0 Å². The van der Waals surface area contributed by atoms with E-state index in [0.29, 0.717) is 22.3 Å². The second-order valence-electron chi connectivity index (χ2n) is 8.01. The molecular weight excluding hydrogens is 422 g/mol. The van der Waals surface area contributed by atoms with Gasteiger partial charge in [-0.15, -0.1) is 0 Å². The normalized spacial score (nSPS) is 12.1. The molecule has 2 rings (SSSR count). The summed E-state index contributed by atoms with van der Waals surface area (Å²) in [5.74, 6) is 0. The molecule has 0 fully saturated rings. The Morgan fingerprint density at radius 3 is 1.23 bits per heavy atom. The molecule has 0 bridgehead atoms. The molecule has 30 heavy (non-hydrogen) atoms. The van der Waals surface area contributed by atoms with E-state index < -0.39 is 38.1 Å². The van der Waals surface area contributed by atoms with Crippen LogP contribution in [0.1, 0.15) is 54.1 Å². The highest BCUT2D eigenvalue weighted by Crippen LogP contribution is 2.55. The largest absolute Gasteiger partial charge is 0.326 e. The first-order chi connectivity index (χ1) is 13.7. The number of rotatable bonds is 7. The summed E-state index contributed by atoms with van der Waals surface area (Å²) in [6.45, 7) is 10.5. The minimum absolute atomic E-state index is 0.186. The molecule has 162 valence electrons. The maximum absolute atomic E-state index is 14.0. The molecule has 0 aromatic heterocycles. The van der Waals surface area contributed by atoms with E-state index in [2.05, 4.69) is 0 Å². The smallest absolute Gasteiger partial charge is 0.324 e. The second-order valence-corrected chi connectivity index (χ2v) is 12.5. The standard InChI is InChI=1S/C22H28O6P2/c1-13-9-15(3)19(16(4)10-13)21(23)29(25,7-8-30(26,27)28)22(24)20-17(5)11-14(2)12-18(20)6/h9-12H,7-8H2,1-6H3,(H2,26,27,28). The van der Waals surface area contributed by atoms with Crippen LogP contribution in [0, 0.1) is 41.5 Å². The summed E-state index contributed by atoms with van der Waals surface area (Å²) in [7, 11) is -8.91. The first kappa shape index (κ1) is 24.4. The quantitative estimate of drug-likeness (QED) is 0.571. The van der Waals surface area contributed by atoms with Crippen LogP contribution in [0.5, 0.6) is 0 Å². The lowest BCUT2D eigenvalue weighted by Crippen LogP contribution is -2.19. The SMILES string of the molecule is Cc1cc(C)c(C(=O)P(=O)(CCP(=O)(O)O)C(=O)c2c(C)cc(C)cc2C)c(C)c1. The van der Waals surface area contributed by atoms with Gasteiger partial charge in [-0.1, -0.05) is 35.4 Å². The van der Waals surface area contributed by atoms with Crippen LogP contribution in [-0.2, 0) is 9.13 Å². The van der Waals surface area contributed by atoms with Gasteiger partial charge in [0.1, 0.15) is 0 Å². The van der Waals surface area contributed by atoms with Crippen molar-refractivity contribution in [1.29, 1.82) is 0 Å². The Kier molecular flexibility index (Phi) is 7.10. The zero-order valence-corrected chi connectivity index (χ0v) is 19.9. The lowest BCUT2D eigenvalue weighted by molar-refractivity contribution is 0.103. The van der Waals surface area contributed by atoms with Gasteiger partial charge in [0.05, 0.1) is 6.16 Å². The molecule has 2 N–H and O–H groups in total. The fourth-order valence-corrected chi connectivity index (χ4v) is 8.15. The zero-order valence-electron chi connectivity index (χ0n) is 18.1. The van der Waals surface area contributed by atoms with Crippen LogP contribution in [0.15, 0.2) is 24.3 Å². The van der Waals surface area contributed by atoms with Crippen molar-refractivity contribution >= 4 is 25.8 Å². The van der Waals surface area contributed by atoms with Crippen molar-refractivity contribution in [3.8, 4) is 0 Å². The van der Waals surface area contributed by atoms with Crippen molar-refractivity contribution in [1.82, 2.24) is 0 Å². The number of carbonyl (C=O) groups excluding carboxylic acids is 2. The fraction of sp³-hybridized carbons (Fsp3) is 0.364. The minimum Gasteiger partial charge on any atom is -0.324 e. The Labute approximate surface area is 177 Å². The average Bonchev–Trinajstić information content (AvgIpc) is 2.56. The highest BCUT2D eigenvalue weighted by molar-refractivity contribution is 7.95. The topological polar surface area (TPSA) is 109 Å². The molecular formula is C22H28O6P2. The van der Waals surface area contributed by atoms with Gasteiger partial charge in [0, 0.05) is 17.3 Å². The van der Waals surface area contributed by atoms with Crippen LogP contribution in [-0.4, -0.2) is 33.2 Å². The monoisotopic (exact) mass is 450 g/mol. The van der Waals surface area contributed by atoms with E-state index in [1.807, 2.05) is 13.8 Å². The molecule has 0 aliphatic heterocycles. The minimum atomic E-state index is -4.56.